The van der Waals surface area contributed by atoms with Gasteiger partial charge in [0.1, 0.15) is 0 Å². The molecule has 0 aliphatic heterocycles. The number of carbonyl (C=O) groups is 1. The molecule has 3 heterocycles. The summed E-state index contributed by atoms with van der Waals surface area (Å²) in [5, 5.41) is 15.3. The zero-order chi connectivity index (χ0) is 21.4. The summed E-state index contributed by atoms with van der Waals surface area (Å²) < 4.78 is 3.18. The van der Waals surface area contributed by atoms with Crippen molar-refractivity contribution in [3.8, 4) is 11.3 Å². The van der Waals surface area contributed by atoms with Crippen LogP contribution >= 0.6 is 11.3 Å². The van der Waals surface area contributed by atoms with Crippen molar-refractivity contribution < 1.29 is 4.79 Å². The number of hydrogen-bond donors (Lipinski definition) is 1. The molecule has 9 heteroatoms. The average Bonchev–Trinajstić information content (AvgIpc) is 3.34. The summed E-state index contributed by atoms with van der Waals surface area (Å²) >= 11 is 1.36. The number of amides is 1. The Morgan fingerprint density at radius 2 is 2.00 bits per heavy atom. The van der Waals surface area contributed by atoms with E-state index in [0.29, 0.717) is 28.1 Å². The first-order valence-electron chi connectivity index (χ1n) is 9.65. The molecular formula is C21H22N6O2S. The minimum absolute atomic E-state index is 0.152. The number of rotatable bonds is 5. The van der Waals surface area contributed by atoms with Crippen LogP contribution in [0.5, 0.6) is 0 Å². The van der Waals surface area contributed by atoms with Gasteiger partial charge >= 0.3 is 0 Å². The number of fused-ring (bicyclic) bond motifs is 1. The van der Waals surface area contributed by atoms with E-state index in [2.05, 4.69) is 20.5 Å². The topological polar surface area (TPSA) is 94.7 Å². The van der Waals surface area contributed by atoms with E-state index in [1.165, 1.54) is 16.0 Å². The number of carbonyl (C=O) groups excluding carboxylic acids is 1. The zero-order valence-electron chi connectivity index (χ0n) is 17.2. The molecule has 0 aliphatic rings. The summed E-state index contributed by atoms with van der Waals surface area (Å²) in [7, 11) is 1.88. The highest BCUT2D eigenvalue weighted by Gasteiger charge is 2.23. The van der Waals surface area contributed by atoms with Crippen LogP contribution in [0.1, 0.15) is 31.2 Å². The van der Waals surface area contributed by atoms with E-state index in [1.54, 1.807) is 23.9 Å². The zero-order valence-corrected chi connectivity index (χ0v) is 18.0. The summed E-state index contributed by atoms with van der Waals surface area (Å²) in [5.74, 6) is -0.779. The molecular weight excluding hydrogens is 400 g/mol. The lowest BCUT2D eigenvalue weighted by atomic mass is 10.0. The average molecular weight is 423 g/mol. The highest BCUT2D eigenvalue weighted by Crippen LogP contribution is 2.28. The summed E-state index contributed by atoms with van der Waals surface area (Å²) in [5.41, 5.74) is 3.14. The Bertz CT molecular complexity index is 1300. The Labute approximate surface area is 177 Å². The van der Waals surface area contributed by atoms with Crippen LogP contribution in [-0.4, -0.2) is 30.5 Å². The predicted octanol–water partition coefficient (Wildman–Crippen LogP) is 3.32. The minimum atomic E-state index is -0.555. The molecule has 4 aromatic rings. The van der Waals surface area contributed by atoms with Gasteiger partial charge < -0.3 is 5.32 Å². The lowest BCUT2D eigenvalue weighted by Gasteiger charge is -2.14. The van der Waals surface area contributed by atoms with Gasteiger partial charge in [-0.1, -0.05) is 18.2 Å². The Morgan fingerprint density at radius 1 is 1.27 bits per heavy atom. The quantitative estimate of drug-likeness (QED) is 0.532. The first kappa shape index (κ1) is 20.0. The Kier molecular flexibility index (Phi) is 5.21. The summed E-state index contributed by atoms with van der Waals surface area (Å²) in [6.45, 7) is 6.05. The highest BCUT2D eigenvalue weighted by atomic mass is 32.1. The fraction of sp³-hybridized carbons (Fsp3) is 0.286. The Morgan fingerprint density at radius 3 is 2.67 bits per heavy atom. The van der Waals surface area contributed by atoms with Gasteiger partial charge in [-0.25, -0.2) is 9.67 Å². The fourth-order valence-electron chi connectivity index (χ4n) is 3.34. The van der Waals surface area contributed by atoms with E-state index in [9.17, 15) is 9.59 Å². The maximum Gasteiger partial charge on any atom is 0.274 e. The molecule has 0 aliphatic carbocycles. The van der Waals surface area contributed by atoms with Gasteiger partial charge in [0.25, 0.3) is 5.56 Å². The maximum atomic E-state index is 13.0. The van der Waals surface area contributed by atoms with Crippen LogP contribution in [0.15, 0.2) is 40.6 Å². The van der Waals surface area contributed by atoms with E-state index in [-0.39, 0.29) is 11.5 Å². The summed E-state index contributed by atoms with van der Waals surface area (Å²) in [6, 6.07) is 7.26. The first-order valence-corrected chi connectivity index (χ1v) is 10.5. The monoisotopic (exact) mass is 422 g/mol. The summed E-state index contributed by atoms with van der Waals surface area (Å²) in [4.78, 5) is 30.1. The largest absolute Gasteiger partial charge is 0.301 e. The van der Waals surface area contributed by atoms with Crippen molar-refractivity contribution in [1.82, 2.24) is 24.5 Å². The molecule has 0 fully saturated rings. The second kappa shape index (κ2) is 7.83. The number of nitrogens with zero attached hydrogens (tertiary/aromatic N) is 5. The van der Waals surface area contributed by atoms with Crippen LogP contribution in [0, 0.1) is 6.92 Å². The predicted molar refractivity (Wildman–Crippen MR) is 118 cm³/mol. The highest BCUT2D eigenvalue weighted by molar-refractivity contribution is 7.14. The number of aryl methyl sites for hydroxylation is 2. The van der Waals surface area contributed by atoms with Crippen LogP contribution in [0.2, 0.25) is 0 Å². The van der Waals surface area contributed by atoms with Gasteiger partial charge in [-0.15, -0.1) is 11.3 Å². The third-order valence-corrected chi connectivity index (χ3v) is 6.00. The van der Waals surface area contributed by atoms with Crippen LogP contribution in [0.4, 0.5) is 5.13 Å². The molecule has 1 N–H and O–H groups in total. The number of nitrogens with one attached hydrogen (secondary N) is 1. The van der Waals surface area contributed by atoms with Crippen LogP contribution in [0.3, 0.4) is 0 Å². The van der Waals surface area contributed by atoms with Crippen LogP contribution in [0.25, 0.3) is 22.0 Å². The lowest BCUT2D eigenvalue weighted by molar-refractivity contribution is -0.117. The molecule has 1 atom stereocenters. The SMILES string of the molecule is CCn1nc(C(C)C(=O)Nc2nc(-c3cnn(C)c3C)cs2)c2ccccc2c1=O. The third-order valence-electron chi connectivity index (χ3n) is 5.24. The maximum absolute atomic E-state index is 13.0. The van der Waals surface area contributed by atoms with Gasteiger partial charge in [0, 0.05) is 35.6 Å². The van der Waals surface area contributed by atoms with Crippen LogP contribution < -0.4 is 10.9 Å². The number of hydrogen-bond acceptors (Lipinski definition) is 6. The van der Waals surface area contributed by atoms with Gasteiger partial charge in [0.15, 0.2) is 5.13 Å². The van der Waals surface area contributed by atoms with Gasteiger partial charge in [0.05, 0.1) is 28.9 Å². The van der Waals surface area contributed by atoms with Gasteiger partial charge in [-0.05, 0) is 26.8 Å². The van der Waals surface area contributed by atoms with Crippen LogP contribution in [-0.2, 0) is 18.4 Å². The molecule has 0 saturated carbocycles. The van der Waals surface area contributed by atoms with E-state index < -0.39 is 5.92 Å². The van der Waals surface area contributed by atoms with Crippen molar-refractivity contribution in [2.24, 2.45) is 7.05 Å². The molecule has 0 radical (unpaired) electrons. The summed E-state index contributed by atoms with van der Waals surface area (Å²) in [6.07, 6.45) is 1.77. The van der Waals surface area contributed by atoms with E-state index in [0.717, 1.165) is 17.0 Å². The smallest absolute Gasteiger partial charge is 0.274 e. The van der Waals surface area contributed by atoms with E-state index in [1.807, 2.05) is 44.5 Å². The molecule has 4 rings (SSSR count). The molecule has 1 amide bonds. The third kappa shape index (κ3) is 3.41. The molecule has 1 unspecified atom stereocenters. The second-order valence-corrected chi connectivity index (χ2v) is 7.93. The fourth-order valence-corrected chi connectivity index (χ4v) is 4.05. The van der Waals surface area contributed by atoms with E-state index in [4.69, 9.17) is 0 Å². The van der Waals surface area contributed by atoms with Crippen molar-refractivity contribution in [3.63, 3.8) is 0 Å². The number of thiazole rings is 1. The van der Waals surface area contributed by atoms with Crippen molar-refractivity contribution in [3.05, 3.63) is 57.6 Å². The van der Waals surface area contributed by atoms with Crippen molar-refractivity contribution in [2.75, 3.05) is 5.32 Å². The molecule has 0 spiro atoms. The second-order valence-electron chi connectivity index (χ2n) is 7.07. The normalized spacial score (nSPS) is 12.3. The molecule has 30 heavy (non-hydrogen) atoms. The number of benzene rings is 1. The van der Waals surface area contributed by atoms with E-state index >= 15 is 0 Å². The molecule has 8 nitrogen and oxygen atoms in total. The molecule has 0 saturated heterocycles. The standard InChI is InChI=1S/C21H22N6O2S/c1-5-27-20(29)15-9-7-6-8-14(15)18(25-27)12(2)19(28)24-21-23-17(11-30-21)16-10-22-26(4)13(16)3/h6-12H,5H2,1-4H3,(H,23,24,28). The molecule has 154 valence electrons. The first-order chi connectivity index (χ1) is 14.4. The number of anilines is 1. The number of aromatic nitrogens is 5. The Hall–Kier alpha value is -3.33. The molecule has 0 bridgehead atoms. The lowest BCUT2D eigenvalue weighted by Crippen LogP contribution is -2.27. The van der Waals surface area contributed by atoms with Crippen molar-refractivity contribution in [1.29, 1.82) is 0 Å². The van der Waals surface area contributed by atoms with Crippen molar-refractivity contribution in [2.45, 2.75) is 33.2 Å². The Balaban J connectivity index is 1.63. The minimum Gasteiger partial charge on any atom is -0.301 e. The van der Waals surface area contributed by atoms with Crippen molar-refractivity contribution >= 4 is 33.1 Å². The van der Waals surface area contributed by atoms with Gasteiger partial charge in [-0.3, -0.25) is 14.3 Å². The molecule has 1 aromatic carbocycles. The molecule has 3 aromatic heterocycles. The van der Waals surface area contributed by atoms with Gasteiger partial charge in [-0.2, -0.15) is 10.2 Å². The van der Waals surface area contributed by atoms with Gasteiger partial charge in [0.2, 0.25) is 5.91 Å².